The molecule has 1 aromatic heterocycles. The molecule has 0 spiro atoms. The Morgan fingerprint density at radius 2 is 1.57 bits per heavy atom. The molecular formula is C24H17FO5. The zero-order chi connectivity index (χ0) is 21.5. The fourth-order valence-electron chi connectivity index (χ4n) is 2.47. The molecule has 0 N–H and O–H groups in total. The van der Waals surface area contributed by atoms with Gasteiger partial charge in [0.15, 0.2) is 11.6 Å². The average molecular weight is 404 g/mol. The summed E-state index contributed by atoms with van der Waals surface area (Å²) in [6.07, 6.45) is 5.41. The van der Waals surface area contributed by atoms with Crippen LogP contribution in [0.5, 0.6) is 11.5 Å². The number of carbonyl (C=O) groups is 2. The highest BCUT2D eigenvalue weighted by molar-refractivity contribution is 5.84. The predicted molar refractivity (Wildman–Crippen MR) is 111 cm³/mol. The van der Waals surface area contributed by atoms with E-state index in [2.05, 4.69) is 13.2 Å². The second kappa shape index (κ2) is 9.34. The van der Waals surface area contributed by atoms with Crippen molar-refractivity contribution in [3.05, 3.63) is 97.0 Å². The minimum Gasteiger partial charge on any atom is -0.457 e. The second-order valence-corrected chi connectivity index (χ2v) is 6.00. The summed E-state index contributed by atoms with van der Waals surface area (Å²) in [5, 5.41) is 0. The molecule has 0 bridgehead atoms. The molecule has 0 radical (unpaired) electrons. The fraction of sp³-hybridized carbons (Fsp3) is 0. The van der Waals surface area contributed by atoms with Gasteiger partial charge < -0.3 is 13.9 Å². The summed E-state index contributed by atoms with van der Waals surface area (Å²) in [7, 11) is 0. The van der Waals surface area contributed by atoms with Crippen molar-refractivity contribution in [2.75, 3.05) is 0 Å². The van der Waals surface area contributed by atoms with Crippen LogP contribution in [0, 0.1) is 5.82 Å². The SMILES string of the molecule is C=CC(=O)Oc1ccc(-c2ccc(/C=C/c3ccc(OC(=O)C=C)c(F)c3)o2)cc1. The Bertz CT molecular complexity index is 1120. The molecule has 3 rings (SSSR count). The van der Waals surface area contributed by atoms with E-state index in [0.29, 0.717) is 22.8 Å². The average Bonchev–Trinajstić information content (AvgIpc) is 3.23. The van der Waals surface area contributed by atoms with Crippen LogP contribution in [0.1, 0.15) is 11.3 Å². The zero-order valence-electron chi connectivity index (χ0n) is 15.8. The molecule has 30 heavy (non-hydrogen) atoms. The summed E-state index contributed by atoms with van der Waals surface area (Å²) in [4.78, 5) is 22.4. The maximum Gasteiger partial charge on any atom is 0.335 e. The van der Waals surface area contributed by atoms with E-state index in [1.54, 1.807) is 54.6 Å². The minimum absolute atomic E-state index is 0.167. The third-order valence-electron chi connectivity index (χ3n) is 3.92. The quantitative estimate of drug-likeness (QED) is 0.298. The Hall–Kier alpha value is -4.19. The van der Waals surface area contributed by atoms with Crippen molar-refractivity contribution in [3.63, 3.8) is 0 Å². The fourth-order valence-corrected chi connectivity index (χ4v) is 2.47. The lowest BCUT2D eigenvalue weighted by molar-refractivity contribution is -0.130. The number of benzene rings is 2. The summed E-state index contributed by atoms with van der Waals surface area (Å²) in [5.74, 6) is -0.503. The van der Waals surface area contributed by atoms with Crippen molar-refractivity contribution in [2.24, 2.45) is 0 Å². The van der Waals surface area contributed by atoms with Gasteiger partial charge in [0.25, 0.3) is 0 Å². The normalized spacial score (nSPS) is 10.6. The number of carbonyl (C=O) groups excluding carboxylic acids is 2. The van der Waals surface area contributed by atoms with Crippen molar-refractivity contribution < 1.29 is 27.9 Å². The van der Waals surface area contributed by atoms with E-state index in [0.717, 1.165) is 17.7 Å². The molecular weight excluding hydrogens is 387 g/mol. The van der Waals surface area contributed by atoms with Crippen molar-refractivity contribution >= 4 is 24.1 Å². The molecule has 0 aliphatic rings. The van der Waals surface area contributed by atoms with Crippen LogP contribution in [0.2, 0.25) is 0 Å². The van der Waals surface area contributed by atoms with Gasteiger partial charge in [-0.2, -0.15) is 0 Å². The van der Waals surface area contributed by atoms with E-state index in [9.17, 15) is 14.0 Å². The van der Waals surface area contributed by atoms with Crippen LogP contribution in [0.3, 0.4) is 0 Å². The van der Waals surface area contributed by atoms with Crippen LogP contribution >= 0.6 is 0 Å². The molecule has 0 unspecified atom stereocenters. The number of esters is 2. The topological polar surface area (TPSA) is 65.7 Å². The third-order valence-corrected chi connectivity index (χ3v) is 3.92. The van der Waals surface area contributed by atoms with E-state index in [-0.39, 0.29) is 5.75 Å². The lowest BCUT2D eigenvalue weighted by Gasteiger charge is -2.03. The maximum atomic E-state index is 14.0. The van der Waals surface area contributed by atoms with Crippen LogP contribution in [0.25, 0.3) is 23.5 Å². The smallest absolute Gasteiger partial charge is 0.335 e. The molecule has 0 saturated heterocycles. The number of halogens is 1. The van der Waals surface area contributed by atoms with Gasteiger partial charge in [-0.15, -0.1) is 0 Å². The lowest BCUT2D eigenvalue weighted by atomic mass is 10.1. The van der Waals surface area contributed by atoms with E-state index in [1.165, 1.54) is 12.1 Å². The van der Waals surface area contributed by atoms with E-state index in [4.69, 9.17) is 13.9 Å². The molecule has 5 nitrogen and oxygen atoms in total. The Morgan fingerprint density at radius 1 is 0.867 bits per heavy atom. The first-order chi connectivity index (χ1) is 14.5. The van der Waals surface area contributed by atoms with Crippen LogP contribution in [0.4, 0.5) is 4.39 Å². The number of rotatable bonds is 7. The van der Waals surface area contributed by atoms with Crippen molar-refractivity contribution in [1.29, 1.82) is 0 Å². The van der Waals surface area contributed by atoms with Crippen molar-refractivity contribution in [1.82, 2.24) is 0 Å². The summed E-state index contributed by atoms with van der Waals surface area (Å²) in [5.41, 5.74) is 1.37. The Morgan fingerprint density at radius 3 is 2.23 bits per heavy atom. The molecule has 0 fully saturated rings. The van der Waals surface area contributed by atoms with Gasteiger partial charge in [-0.1, -0.05) is 25.3 Å². The summed E-state index contributed by atoms with van der Waals surface area (Å²) in [6, 6.07) is 14.6. The van der Waals surface area contributed by atoms with E-state index < -0.39 is 17.8 Å². The van der Waals surface area contributed by atoms with Crippen molar-refractivity contribution in [2.45, 2.75) is 0 Å². The first-order valence-corrected chi connectivity index (χ1v) is 8.85. The summed E-state index contributed by atoms with van der Waals surface area (Å²) in [6.45, 7) is 6.62. The number of ether oxygens (including phenoxy) is 2. The Kier molecular flexibility index (Phi) is 6.39. The molecule has 6 heteroatoms. The van der Waals surface area contributed by atoms with Gasteiger partial charge in [-0.3, -0.25) is 0 Å². The highest BCUT2D eigenvalue weighted by Gasteiger charge is 2.08. The number of hydrogen-bond donors (Lipinski definition) is 0. The minimum atomic E-state index is -0.729. The second-order valence-electron chi connectivity index (χ2n) is 6.00. The summed E-state index contributed by atoms with van der Waals surface area (Å²) < 4.78 is 29.6. The van der Waals surface area contributed by atoms with E-state index >= 15 is 0 Å². The Balaban J connectivity index is 1.69. The highest BCUT2D eigenvalue weighted by Crippen LogP contribution is 2.26. The molecule has 2 aromatic carbocycles. The van der Waals surface area contributed by atoms with Gasteiger partial charge in [0, 0.05) is 17.7 Å². The molecule has 0 atom stereocenters. The molecule has 0 aliphatic carbocycles. The van der Waals surface area contributed by atoms with Crippen LogP contribution in [-0.4, -0.2) is 11.9 Å². The van der Waals surface area contributed by atoms with Gasteiger partial charge in [0.2, 0.25) is 0 Å². The Labute approximate surface area is 172 Å². The predicted octanol–water partition coefficient (Wildman–Crippen LogP) is 5.44. The molecule has 1 heterocycles. The van der Waals surface area contributed by atoms with Gasteiger partial charge in [-0.05, 0) is 60.2 Å². The van der Waals surface area contributed by atoms with E-state index in [1.807, 2.05) is 0 Å². The molecule has 0 aliphatic heterocycles. The lowest BCUT2D eigenvalue weighted by Crippen LogP contribution is -2.04. The van der Waals surface area contributed by atoms with Gasteiger partial charge >= 0.3 is 11.9 Å². The van der Waals surface area contributed by atoms with Crippen LogP contribution in [-0.2, 0) is 9.59 Å². The molecule has 0 amide bonds. The standard InChI is InChI=1S/C24H17FO5/c1-3-23(26)29-19-10-7-17(8-11-19)21-14-12-18(28-21)9-5-16-6-13-22(20(25)15-16)30-24(27)4-2/h3-15H,1-2H2/b9-5+. The largest absolute Gasteiger partial charge is 0.457 e. The molecule has 0 saturated carbocycles. The molecule has 150 valence electrons. The zero-order valence-corrected chi connectivity index (χ0v) is 15.8. The monoisotopic (exact) mass is 404 g/mol. The summed E-state index contributed by atoms with van der Waals surface area (Å²) >= 11 is 0. The highest BCUT2D eigenvalue weighted by atomic mass is 19.1. The van der Waals surface area contributed by atoms with Crippen LogP contribution < -0.4 is 9.47 Å². The number of furan rings is 1. The van der Waals surface area contributed by atoms with Gasteiger partial charge in [0.1, 0.15) is 17.3 Å². The van der Waals surface area contributed by atoms with Crippen molar-refractivity contribution in [3.8, 4) is 22.8 Å². The first kappa shape index (κ1) is 20.5. The maximum absolute atomic E-state index is 14.0. The molecule has 3 aromatic rings. The first-order valence-electron chi connectivity index (χ1n) is 8.85. The van der Waals surface area contributed by atoms with Crippen LogP contribution in [0.15, 0.2) is 84.3 Å². The van der Waals surface area contributed by atoms with Gasteiger partial charge in [0.05, 0.1) is 0 Å². The third kappa shape index (κ3) is 5.20. The number of hydrogen-bond acceptors (Lipinski definition) is 5. The van der Waals surface area contributed by atoms with Gasteiger partial charge in [-0.25, -0.2) is 14.0 Å².